The van der Waals surface area contributed by atoms with Crippen LogP contribution in [0.3, 0.4) is 0 Å². The Morgan fingerprint density at radius 3 is 2.33 bits per heavy atom. The van der Waals surface area contributed by atoms with Crippen LogP contribution < -0.4 is 4.74 Å². The van der Waals surface area contributed by atoms with Crippen LogP contribution in [0.1, 0.15) is 38.5 Å². The maximum atomic E-state index is 12.5. The lowest BCUT2D eigenvalue weighted by Crippen LogP contribution is -2.46. The minimum absolute atomic E-state index is 0.159. The Balaban J connectivity index is 1.40. The number of allylic oxidation sites excluding steroid dienone is 1. The monoisotopic (exact) mass is 283 g/mol. The molecule has 110 valence electrons. The summed E-state index contributed by atoms with van der Waals surface area (Å²) in [6, 6.07) is 10.5. The van der Waals surface area contributed by atoms with E-state index in [4.69, 9.17) is 4.74 Å². The minimum atomic E-state index is 0.159. The number of benzene rings is 1. The molecular weight excluding hydrogens is 262 g/mol. The molecule has 2 saturated heterocycles. The maximum Gasteiger partial charge on any atom is 0.261 e. The number of carbonyl (C=O) groups excluding carboxylic acids is 1. The summed E-state index contributed by atoms with van der Waals surface area (Å²) in [6.07, 6.45) is 7.17. The fraction of sp³-hybridized carbons (Fsp3) is 0.500. The largest absolute Gasteiger partial charge is 0.484 e. The van der Waals surface area contributed by atoms with Crippen molar-refractivity contribution in [2.45, 2.75) is 50.6 Å². The summed E-state index contributed by atoms with van der Waals surface area (Å²) in [5, 5.41) is 0. The third kappa shape index (κ3) is 2.57. The molecule has 21 heavy (non-hydrogen) atoms. The molecule has 1 aromatic carbocycles. The molecule has 2 heterocycles. The Labute approximate surface area is 125 Å². The third-order valence-corrected chi connectivity index (χ3v) is 4.98. The molecule has 3 nitrogen and oxygen atoms in total. The van der Waals surface area contributed by atoms with Crippen LogP contribution in [-0.2, 0) is 4.79 Å². The zero-order valence-corrected chi connectivity index (χ0v) is 12.3. The van der Waals surface area contributed by atoms with E-state index in [9.17, 15) is 4.79 Å². The third-order valence-electron chi connectivity index (χ3n) is 4.98. The number of amides is 1. The van der Waals surface area contributed by atoms with Gasteiger partial charge in [0, 0.05) is 12.1 Å². The van der Waals surface area contributed by atoms with Crippen molar-refractivity contribution < 1.29 is 9.53 Å². The average Bonchev–Trinajstić information content (AvgIpc) is 3.32. The van der Waals surface area contributed by atoms with Gasteiger partial charge in [-0.2, -0.15) is 0 Å². The Morgan fingerprint density at radius 2 is 1.71 bits per heavy atom. The van der Waals surface area contributed by atoms with E-state index in [1.165, 1.54) is 25.7 Å². The first-order valence-electron chi connectivity index (χ1n) is 8.00. The van der Waals surface area contributed by atoms with Gasteiger partial charge in [-0.25, -0.2) is 0 Å². The van der Waals surface area contributed by atoms with Crippen molar-refractivity contribution in [2.24, 2.45) is 0 Å². The second-order valence-corrected chi connectivity index (χ2v) is 6.40. The summed E-state index contributed by atoms with van der Waals surface area (Å²) in [5.41, 5.74) is 3.34. The number of hydrogen-bond donors (Lipinski definition) is 0. The highest BCUT2D eigenvalue weighted by atomic mass is 16.5. The number of nitrogens with zero attached hydrogens (tertiary/aromatic N) is 1. The van der Waals surface area contributed by atoms with Crippen LogP contribution in [0.4, 0.5) is 0 Å². The summed E-state index contributed by atoms with van der Waals surface area (Å²) >= 11 is 0. The van der Waals surface area contributed by atoms with E-state index in [2.05, 4.69) is 4.90 Å². The van der Waals surface area contributed by atoms with Gasteiger partial charge in [-0.1, -0.05) is 29.3 Å². The van der Waals surface area contributed by atoms with Gasteiger partial charge >= 0.3 is 0 Å². The molecule has 2 unspecified atom stereocenters. The molecule has 3 heteroatoms. The smallest absolute Gasteiger partial charge is 0.261 e. The number of carbonyl (C=O) groups is 1. The van der Waals surface area contributed by atoms with Crippen LogP contribution in [0.2, 0.25) is 0 Å². The molecular formula is C18H21NO2. The number of hydrogen-bond acceptors (Lipinski definition) is 2. The highest BCUT2D eigenvalue weighted by molar-refractivity contribution is 5.79. The minimum Gasteiger partial charge on any atom is -0.484 e. The molecule has 2 aliphatic heterocycles. The molecule has 2 bridgehead atoms. The van der Waals surface area contributed by atoms with Gasteiger partial charge in [-0.15, -0.1) is 0 Å². The number of rotatable bonds is 3. The number of piperidine rings is 1. The lowest BCUT2D eigenvalue weighted by Gasteiger charge is -2.36. The summed E-state index contributed by atoms with van der Waals surface area (Å²) in [4.78, 5) is 14.6. The van der Waals surface area contributed by atoms with Crippen LogP contribution in [0.5, 0.6) is 5.75 Å². The lowest BCUT2D eigenvalue weighted by atomic mass is 9.95. The van der Waals surface area contributed by atoms with E-state index in [1.807, 2.05) is 30.3 Å². The first kappa shape index (κ1) is 12.9. The van der Waals surface area contributed by atoms with Gasteiger partial charge in [0.05, 0.1) is 0 Å². The summed E-state index contributed by atoms with van der Waals surface area (Å²) in [7, 11) is 0. The summed E-state index contributed by atoms with van der Waals surface area (Å²) in [6.45, 7) is 0.170. The molecule has 0 aromatic heterocycles. The maximum absolute atomic E-state index is 12.5. The molecule has 1 amide bonds. The fourth-order valence-corrected chi connectivity index (χ4v) is 3.86. The standard InChI is InChI=1S/C18H21NO2/c20-18(12-21-17-4-2-1-3-5-17)19-15-8-9-16(19)11-14(10-15)13-6-7-13/h1-5,15-16H,6-12H2. The molecule has 3 aliphatic rings. The zero-order valence-electron chi connectivity index (χ0n) is 12.3. The van der Waals surface area contributed by atoms with Crippen LogP contribution in [0, 0.1) is 0 Å². The molecule has 0 radical (unpaired) electrons. The van der Waals surface area contributed by atoms with Crippen molar-refractivity contribution in [3.63, 3.8) is 0 Å². The van der Waals surface area contributed by atoms with Crippen molar-refractivity contribution >= 4 is 5.91 Å². The van der Waals surface area contributed by atoms with Crippen molar-refractivity contribution in [1.82, 2.24) is 4.90 Å². The molecule has 0 N–H and O–H groups in total. The first-order chi connectivity index (χ1) is 10.3. The Hall–Kier alpha value is -1.77. The number of para-hydroxylation sites is 1. The molecule has 3 fully saturated rings. The van der Waals surface area contributed by atoms with Crippen LogP contribution in [0.25, 0.3) is 0 Å². The Bertz CT molecular complexity index is 556. The normalized spacial score (nSPS) is 27.0. The van der Waals surface area contributed by atoms with Crippen molar-refractivity contribution in [1.29, 1.82) is 0 Å². The van der Waals surface area contributed by atoms with E-state index in [1.54, 1.807) is 11.1 Å². The van der Waals surface area contributed by atoms with Crippen molar-refractivity contribution in [3.8, 4) is 5.75 Å². The molecule has 1 aliphatic carbocycles. The predicted octanol–water partition coefficient (Wildman–Crippen LogP) is 3.31. The lowest BCUT2D eigenvalue weighted by molar-refractivity contribution is -0.137. The van der Waals surface area contributed by atoms with Gasteiger partial charge < -0.3 is 9.64 Å². The fourth-order valence-electron chi connectivity index (χ4n) is 3.86. The van der Waals surface area contributed by atoms with Gasteiger partial charge in [-0.05, 0) is 50.7 Å². The SMILES string of the molecule is O=C(COc1ccccc1)N1C2CCC1CC(=C1CC1)C2. The van der Waals surface area contributed by atoms with Crippen LogP contribution >= 0.6 is 0 Å². The Kier molecular flexibility index (Phi) is 3.21. The van der Waals surface area contributed by atoms with Gasteiger partial charge in [0.15, 0.2) is 6.61 Å². The molecule has 1 saturated carbocycles. The quantitative estimate of drug-likeness (QED) is 0.797. The van der Waals surface area contributed by atoms with Crippen LogP contribution in [0.15, 0.2) is 41.5 Å². The summed E-state index contributed by atoms with van der Waals surface area (Å²) < 4.78 is 5.63. The van der Waals surface area contributed by atoms with E-state index in [0.717, 1.165) is 18.6 Å². The molecule has 4 rings (SSSR count). The molecule has 1 aromatic rings. The van der Waals surface area contributed by atoms with Crippen molar-refractivity contribution in [3.05, 3.63) is 41.5 Å². The number of ether oxygens (including phenoxy) is 1. The van der Waals surface area contributed by atoms with Crippen LogP contribution in [-0.4, -0.2) is 29.5 Å². The molecule has 2 atom stereocenters. The van der Waals surface area contributed by atoms with E-state index < -0.39 is 0 Å². The highest BCUT2D eigenvalue weighted by Gasteiger charge is 2.42. The average molecular weight is 283 g/mol. The van der Waals surface area contributed by atoms with E-state index in [0.29, 0.717) is 12.1 Å². The topological polar surface area (TPSA) is 29.5 Å². The van der Waals surface area contributed by atoms with Gasteiger partial charge in [0.1, 0.15) is 5.75 Å². The van der Waals surface area contributed by atoms with Crippen molar-refractivity contribution in [2.75, 3.05) is 6.61 Å². The summed E-state index contributed by atoms with van der Waals surface area (Å²) in [5.74, 6) is 0.933. The van der Waals surface area contributed by atoms with Gasteiger partial charge in [0.2, 0.25) is 0 Å². The number of fused-ring (bicyclic) bond motifs is 2. The first-order valence-corrected chi connectivity index (χ1v) is 8.00. The van der Waals surface area contributed by atoms with Gasteiger partial charge in [-0.3, -0.25) is 4.79 Å². The van der Waals surface area contributed by atoms with E-state index >= 15 is 0 Å². The Morgan fingerprint density at radius 1 is 1.05 bits per heavy atom. The predicted molar refractivity (Wildman–Crippen MR) is 81.1 cm³/mol. The van der Waals surface area contributed by atoms with Gasteiger partial charge in [0.25, 0.3) is 5.91 Å². The second-order valence-electron chi connectivity index (χ2n) is 6.40. The highest BCUT2D eigenvalue weighted by Crippen LogP contribution is 2.44. The van der Waals surface area contributed by atoms with E-state index in [-0.39, 0.29) is 12.5 Å². The zero-order chi connectivity index (χ0) is 14.2. The molecule has 0 spiro atoms. The second kappa shape index (κ2) is 5.21.